The van der Waals surface area contributed by atoms with Gasteiger partial charge in [-0.25, -0.2) is 0 Å². The van der Waals surface area contributed by atoms with Crippen LogP contribution in [0.2, 0.25) is 0 Å². The van der Waals surface area contributed by atoms with Crippen LogP contribution in [-0.2, 0) is 0 Å². The van der Waals surface area contributed by atoms with Gasteiger partial charge >= 0.3 is 0 Å². The molecule has 1 aromatic carbocycles. The molecule has 0 fully saturated rings. The Morgan fingerprint density at radius 2 is 2.07 bits per heavy atom. The lowest BCUT2D eigenvalue weighted by Gasteiger charge is -2.01. The van der Waals surface area contributed by atoms with Gasteiger partial charge in [-0.05, 0) is 13.3 Å². The molecule has 2 heteroatoms. The highest BCUT2D eigenvalue weighted by Gasteiger charge is 2.07. The fraction of sp³-hybridized carbons (Fsp3) is 0.333. The summed E-state index contributed by atoms with van der Waals surface area (Å²) in [5.41, 5.74) is 0.734. The molecule has 0 saturated heterocycles. The topological polar surface area (TPSA) is 40.9 Å². The fourth-order valence-electron chi connectivity index (χ4n) is 1.18. The van der Waals surface area contributed by atoms with E-state index in [1.165, 1.54) is 0 Å². The summed E-state index contributed by atoms with van der Waals surface area (Å²) in [7, 11) is 0. The van der Waals surface area contributed by atoms with Crippen molar-refractivity contribution < 1.29 is 4.79 Å². The first-order valence-electron chi connectivity index (χ1n) is 4.72. The van der Waals surface area contributed by atoms with Crippen molar-refractivity contribution in [2.24, 2.45) is 5.92 Å². The van der Waals surface area contributed by atoms with Crippen LogP contribution in [0.15, 0.2) is 30.3 Å². The van der Waals surface area contributed by atoms with Crippen molar-refractivity contribution in [3.8, 4) is 6.07 Å². The Morgan fingerprint density at radius 3 is 2.64 bits per heavy atom. The molecule has 0 spiro atoms. The summed E-state index contributed by atoms with van der Waals surface area (Å²) in [6, 6.07) is 11.3. The van der Waals surface area contributed by atoms with Gasteiger partial charge in [-0.15, -0.1) is 0 Å². The maximum absolute atomic E-state index is 11.6. The van der Waals surface area contributed by atoms with Crippen molar-refractivity contribution in [1.82, 2.24) is 0 Å². The van der Waals surface area contributed by atoms with Crippen molar-refractivity contribution in [1.29, 1.82) is 5.26 Å². The van der Waals surface area contributed by atoms with Gasteiger partial charge in [0.15, 0.2) is 5.78 Å². The quantitative estimate of drug-likeness (QED) is 0.680. The lowest BCUT2D eigenvalue weighted by atomic mass is 10.0. The molecule has 1 aromatic rings. The number of nitriles is 1. The minimum atomic E-state index is -0.0392. The molecule has 0 heterocycles. The van der Waals surface area contributed by atoms with E-state index in [9.17, 15) is 4.79 Å². The van der Waals surface area contributed by atoms with Crippen LogP contribution >= 0.6 is 0 Å². The monoisotopic (exact) mass is 187 g/mol. The van der Waals surface area contributed by atoms with Crippen LogP contribution in [0, 0.1) is 17.2 Å². The first-order chi connectivity index (χ1) is 6.74. The highest BCUT2D eigenvalue weighted by Crippen LogP contribution is 2.09. The lowest BCUT2D eigenvalue weighted by molar-refractivity contribution is 0.0977. The molecule has 0 unspecified atom stereocenters. The molecular formula is C12H13NO. The molecule has 0 aromatic heterocycles. The minimum absolute atomic E-state index is 0.0392. The van der Waals surface area contributed by atoms with Gasteiger partial charge in [0, 0.05) is 17.9 Å². The van der Waals surface area contributed by atoms with E-state index in [1.54, 1.807) is 12.1 Å². The van der Waals surface area contributed by atoms with Gasteiger partial charge in [-0.1, -0.05) is 30.3 Å². The molecule has 0 saturated carbocycles. The third-order valence-corrected chi connectivity index (χ3v) is 2.12. The zero-order valence-electron chi connectivity index (χ0n) is 8.23. The summed E-state index contributed by atoms with van der Waals surface area (Å²) in [6.45, 7) is 1.83. The molecule has 72 valence electrons. The van der Waals surface area contributed by atoms with Gasteiger partial charge < -0.3 is 0 Å². The van der Waals surface area contributed by atoms with E-state index in [0.29, 0.717) is 12.8 Å². The predicted octanol–water partition coefficient (Wildman–Crippen LogP) is 2.81. The van der Waals surface area contributed by atoms with E-state index >= 15 is 0 Å². The van der Waals surface area contributed by atoms with E-state index in [4.69, 9.17) is 5.26 Å². The van der Waals surface area contributed by atoms with Crippen LogP contribution in [0.3, 0.4) is 0 Å². The van der Waals surface area contributed by atoms with E-state index < -0.39 is 0 Å². The lowest BCUT2D eigenvalue weighted by Crippen LogP contribution is -2.01. The van der Waals surface area contributed by atoms with Gasteiger partial charge in [0.2, 0.25) is 0 Å². The zero-order chi connectivity index (χ0) is 10.4. The van der Waals surface area contributed by atoms with Crippen LogP contribution < -0.4 is 0 Å². The summed E-state index contributed by atoms with van der Waals surface area (Å²) in [5.74, 6) is 0.0790. The first kappa shape index (κ1) is 10.5. The molecule has 0 aliphatic carbocycles. The predicted molar refractivity (Wildman–Crippen MR) is 54.8 cm³/mol. The molecule has 0 aliphatic rings. The van der Waals surface area contributed by atoms with Gasteiger partial charge in [0.1, 0.15) is 0 Å². The molecule has 0 aliphatic heterocycles. The van der Waals surface area contributed by atoms with Gasteiger partial charge in [-0.3, -0.25) is 4.79 Å². The summed E-state index contributed by atoms with van der Waals surface area (Å²) in [4.78, 5) is 11.6. The number of nitrogens with zero attached hydrogens (tertiary/aromatic N) is 1. The van der Waals surface area contributed by atoms with Gasteiger partial charge in [-0.2, -0.15) is 5.26 Å². The molecule has 2 nitrogen and oxygen atoms in total. The number of carbonyl (C=O) groups is 1. The number of benzene rings is 1. The molecule has 1 rings (SSSR count). The van der Waals surface area contributed by atoms with E-state index in [2.05, 4.69) is 6.07 Å². The van der Waals surface area contributed by atoms with Crippen LogP contribution in [0.4, 0.5) is 0 Å². The van der Waals surface area contributed by atoms with E-state index in [0.717, 1.165) is 5.56 Å². The van der Waals surface area contributed by atoms with Crippen LogP contribution in [0.25, 0.3) is 0 Å². The average molecular weight is 187 g/mol. The van der Waals surface area contributed by atoms with Crippen molar-refractivity contribution >= 4 is 5.78 Å². The third kappa shape index (κ3) is 3.02. The second-order valence-corrected chi connectivity index (χ2v) is 3.36. The smallest absolute Gasteiger partial charge is 0.162 e. The van der Waals surface area contributed by atoms with Gasteiger partial charge in [0.25, 0.3) is 0 Å². The SMILES string of the molecule is C[C@H](C#N)CCC(=O)c1ccccc1. The molecule has 14 heavy (non-hydrogen) atoms. The Hall–Kier alpha value is -1.62. The summed E-state index contributed by atoms with van der Waals surface area (Å²) in [5, 5.41) is 8.56. The standard InChI is InChI=1S/C12H13NO/c1-10(9-13)7-8-12(14)11-5-3-2-4-6-11/h2-6,10H,7-8H2,1H3/t10-/m0/s1. The van der Waals surface area contributed by atoms with Crippen molar-refractivity contribution in [2.45, 2.75) is 19.8 Å². The molecule has 0 radical (unpaired) electrons. The molecule has 0 bridgehead atoms. The van der Waals surface area contributed by atoms with Crippen LogP contribution in [0.1, 0.15) is 30.1 Å². The first-order valence-corrected chi connectivity index (χ1v) is 4.72. The van der Waals surface area contributed by atoms with Crippen LogP contribution in [-0.4, -0.2) is 5.78 Å². The molecular weight excluding hydrogens is 174 g/mol. The number of rotatable bonds is 4. The van der Waals surface area contributed by atoms with Crippen LogP contribution in [0.5, 0.6) is 0 Å². The second-order valence-electron chi connectivity index (χ2n) is 3.36. The summed E-state index contributed by atoms with van der Waals surface area (Å²) < 4.78 is 0. The highest BCUT2D eigenvalue weighted by molar-refractivity contribution is 5.95. The Labute approximate surface area is 84.2 Å². The fourth-order valence-corrected chi connectivity index (χ4v) is 1.18. The normalized spacial score (nSPS) is 11.7. The number of carbonyl (C=O) groups excluding carboxylic acids is 1. The summed E-state index contributed by atoms with van der Waals surface area (Å²) in [6.07, 6.45) is 1.10. The van der Waals surface area contributed by atoms with Crippen molar-refractivity contribution in [3.05, 3.63) is 35.9 Å². The highest BCUT2D eigenvalue weighted by atomic mass is 16.1. The van der Waals surface area contributed by atoms with Gasteiger partial charge in [0.05, 0.1) is 6.07 Å². The Kier molecular flexibility index (Phi) is 3.87. The number of hydrogen-bond acceptors (Lipinski definition) is 2. The summed E-state index contributed by atoms with van der Waals surface area (Å²) >= 11 is 0. The average Bonchev–Trinajstić information content (AvgIpc) is 2.26. The second kappa shape index (κ2) is 5.18. The third-order valence-electron chi connectivity index (χ3n) is 2.12. The minimum Gasteiger partial charge on any atom is -0.294 e. The van der Waals surface area contributed by atoms with E-state index in [1.807, 2.05) is 25.1 Å². The number of hydrogen-bond donors (Lipinski definition) is 0. The molecule has 0 N–H and O–H groups in total. The maximum Gasteiger partial charge on any atom is 0.162 e. The zero-order valence-corrected chi connectivity index (χ0v) is 8.23. The number of Topliss-reactive ketones (excluding diaryl/α,β-unsaturated/α-hetero) is 1. The Bertz CT molecular complexity index is 337. The van der Waals surface area contributed by atoms with Crippen molar-refractivity contribution in [3.63, 3.8) is 0 Å². The Balaban J connectivity index is 2.49. The van der Waals surface area contributed by atoms with Crippen molar-refractivity contribution in [2.75, 3.05) is 0 Å². The molecule has 1 atom stereocenters. The number of ketones is 1. The maximum atomic E-state index is 11.6. The Morgan fingerprint density at radius 1 is 1.43 bits per heavy atom. The largest absolute Gasteiger partial charge is 0.294 e. The molecule has 0 amide bonds. The van der Waals surface area contributed by atoms with E-state index in [-0.39, 0.29) is 11.7 Å².